The van der Waals surface area contributed by atoms with Gasteiger partial charge in [0, 0.05) is 37.6 Å². The maximum absolute atomic E-state index is 11.0. The van der Waals surface area contributed by atoms with E-state index in [-0.39, 0.29) is 0 Å². The molecule has 1 aromatic heterocycles. The highest BCUT2D eigenvalue weighted by molar-refractivity contribution is 7.09. The first-order valence-electron chi connectivity index (χ1n) is 8.94. The summed E-state index contributed by atoms with van der Waals surface area (Å²) in [5.41, 5.74) is 0.194. The Bertz CT molecular complexity index is 518. The third-order valence-electron chi connectivity index (χ3n) is 5.71. The predicted molar refractivity (Wildman–Crippen MR) is 90.6 cm³/mol. The molecule has 0 bridgehead atoms. The quantitative estimate of drug-likeness (QED) is 0.908. The van der Waals surface area contributed by atoms with Gasteiger partial charge in [0.25, 0.3) is 0 Å². The zero-order chi connectivity index (χ0) is 15.7. The van der Waals surface area contributed by atoms with E-state index in [2.05, 4.69) is 15.2 Å². The van der Waals surface area contributed by atoms with Crippen LogP contribution in [0, 0.1) is 0 Å². The van der Waals surface area contributed by atoms with Gasteiger partial charge >= 0.3 is 0 Å². The lowest BCUT2D eigenvalue weighted by Crippen LogP contribution is -2.49. The Balaban J connectivity index is 1.35. The fraction of sp³-hybridized carbons (Fsp3) is 0.824. The molecule has 1 saturated carbocycles. The molecule has 0 amide bonds. The summed E-state index contributed by atoms with van der Waals surface area (Å²) in [6, 6.07) is 0.784. The number of nitrogens with zero attached hydrogens (tertiary/aromatic N) is 3. The molecule has 2 aliphatic heterocycles. The first-order valence-corrected chi connectivity index (χ1v) is 9.82. The maximum Gasteiger partial charge on any atom is 0.110 e. The number of piperidine rings is 1. The van der Waals surface area contributed by atoms with Gasteiger partial charge in [-0.15, -0.1) is 11.3 Å². The molecule has 23 heavy (non-hydrogen) atoms. The Labute approximate surface area is 142 Å². The minimum Gasteiger partial charge on any atom is -0.383 e. The van der Waals surface area contributed by atoms with Gasteiger partial charge in [-0.25, -0.2) is 4.98 Å². The van der Waals surface area contributed by atoms with E-state index in [1.807, 2.05) is 0 Å². The van der Waals surface area contributed by atoms with E-state index in [4.69, 9.17) is 9.72 Å². The van der Waals surface area contributed by atoms with E-state index in [1.54, 1.807) is 11.3 Å². The lowest BCUT2D eigenvalue weighted by Gasteiger charge is -2.44. The van der Waals surface area contributed by atoms with Crippen molar-refractivity contribution in [3.63, 3.8) is 0 Å². The molecule has 0 radical (unpaired) electrons. The molecule has 4 rings (SSSR count). The van der Waals surface area contributed by atoms with Gasteiger partial charge in [0.05, 0.1) is 25.5 Å². The number of aromatic nitrogens is 1. The lowest BCUT2D eigenvalue weighted by molar-refractivity contribution is -0.0468. The van der Waals surface area contributed by atoms with Crippen LogP contribution in [-0.4, -0.2) is 65.3 Å². The van der Waals surface area contributed by atoms with E-state index >= 15 is 0 Å². The van der Waals surface area contributed by atoms with E-state index in [1.165, 1.54) is 19.3 Å². The summed E-state index contributed by atoms with van der Waals surface area (Å²) in [4.78, 5) is 9.72. The van der Waals surface area contributed by atoms with Gasteiger partial charge in [-0.1, -0.05) is 6.42 Å². The van der Waals surface area contributed by atoms with Crippen LogP contribution in [0.15, 0.2) is 5.38 Å². The maximum atomic E-state index is 11.0. The summed E-state index contributed by atoms with van der Waals surface area (Å²) in [6.07, 6.45) is 5.72. The van der Waals surface area contributed by atoms with Gasteiger partial charge in [0.15, 0.2) is 0 Å². The van der Waals surface area contributed by atoms with Crippen LogP contribution in [0.5, 0.6) is 0 Å². The van der Waals surface area contributed by atoms with Gasteiger partial charge in [-0.05, 0) is 25.7 Å². The van der Waals surface area contributed by atoms with E-state index in [0.717, 1.165) is 75.5 Å². The van der Waals surface area contributed by atoms with Crippen molar-refractivity contribution in [3.05, 3.63) is 16.1 Å². The highest BCUT2D eigenvalue weighted by Crippen LogP contribution is 2.36. The van der Waals surface area contributed by atoms with E-state index < -0.39 is 5.60 Å². The molecule has 1 aromatic rings. The Hall–Kier alpha value is -0.530. The fourth-order valence-electron chi connectivity index (χ4n) is 3.81. The van der Waals surface area contributed by atoms with E-state index in [9.17, 15) is 5.11 Å². The number of aliphatic hydroxyl groups is 1. The Kier molecular flexibility index (Phi) is 4.70. The second kappa shape index (κ2) is 6.76. The summed E-state index contributed by atoms with van der Waals surface area (Å²) < 4.78 is 5.39. The second-order valence-electron chi connectivity index (χ2n) is 7.17. The van der Waals surface area contributed by atoms with Crippen molar-refractivity contribution in [1.82, 2.24) is 14.8 Å². The van der Waals surface area contributed by atoms with Gasteiger partial charge in [0.1, 0.15) is 10.6 Å². The Morgan fingerprint density at radius 1 is 1.22 bits per heavy atom. The number of rotatable bonds is 4. The molecule has 0 spiro atoms. The minimum absolute atomic E-state index is 0.708. The van der Waals surface area contributed by atoms with Gasteiger partial charge in [-0.3, -0.25) is 4.90 Å². The molecule has 1 N–H and O–H groups in total. The minimum atomic E-state index is -0.708. The SMILES string of the molecule is OC1(c2csc(CN3CCOCC3)n2)CCN(C2CCC2)CC1. The molecular weight excluding hydrogens is 310 g/mol. The second-order valence-corrected chi connectivity index (χ2v) is 8.11. The van der Waals surface area contributed by atoms with Crippen LogP contribution in [0.1, 0.15) is 42.8 Å². The van der Waals surface area contributed by atoms with Crippen molar-refractivity contribution >= 4 is 11.3 Å². The number of likely N-dealkylation sites (tertiary alicyclic amines) is 1. The van der Waals surface area contributed by atoms with Crippen LogP contribution in [0.3, 0.4) is 0 Å². The van der Waals surface area contributed by atoms with Crippen molar-refractivity contribution in [2.45, 2.75) is 50.3 Å². The van der Waals surface area contributed by atoms with Crippen molar-refractivity contribution in [2.75, 3.05) is 39.4 Å². The lowest BCUT2D eigenvalue weighted by atomic mass is 9.84. The van der Waals surface area contributed by atoms with Crippen molar-refractivity contribution in [1.29, 1.82) is 0 Å². The average molecular weight is 337 g/mol. The predicted octanol–water partition coefficient (Wildman–Crippen LogP) is 1.81. The largest absolute Gasteiger partial charge is 0.383 e. The van der Waals surface area contributed by atoms with Crippen LogP contribution >= 0.6 is 11.3 Å². The molecule has 3 heterocycles. The fourth-order valence-corrected chi connectivity index (χ4v) is 4.74. The van der Waals surface area contributed by atoms with Gasteiger partial charge in [-0.2, -0.15) is 0 Å². The summed E-state index contributed by atoms with van der Waals surface area (Å²) in [7, 11) is 0. The van der Waals surface area contributed by atoms with Crippen LogP contribution in [-0.2, 0) is 16.9 Å². The van der Waals surface area contributed by atoms with Crippen molar-refractivity contribution in [2.24, 2.45) is 0 Å². The molecular formula is C17H27N3O2S. The Morgan fingerprint density at radius 3 is 2.61 bits per heavy atom. The third-order valence-corrected chi connectivity index (χ3v) is 6.54. The molecule has 128 valence electrons. The number of morpholine rings is 1. The summed E-state index contributed by atoms with van der Waals surface area (Å²) >= 11 is 1.69. The molecule has 1 aliphatic carbocycles. The third kappa shape index (κ3) is 3.46. The van der Waals surface area contributed by atoms with Crippen LogP contribution < -0.4 is 0 Å². The zero-order valence-electron chi connectivity index (χ0n) is 13.7. The van der Waals surface area contributed by atoms with Crippen LogP contribution in [0.25, 0.3) is 0 Å². The highest BCUT2D eigenvalue weighted by atomic mass is 32.1. The Morgan fingerprint density at radius 2 is 1.96 bits per heavy atom. The summed E-state index contributed by atoms with van der Waals surface area (Å²) in [5, 5.41) is 14.2. The van der Waals surface area contributed by atoms with Crippen LogP contribution in [0.4, 0.5) is 0 Å². The zero-order valence-corrected chi connectivity index (χ0v) is 14.6. The summed E-state index contributed by atoms with van der Waals surface area (Å²) in [6.45, 7) is 6.51. The molecule has 0 unspecified atom stereocenters. The molecule has 6 heteroatoms. The number of hydrogen-bond donors (Lipinski definition) is 1. The topological polar surface area (TPSA) is 48.8 Å². The first-order chi connectivity index (χ1) is 11.2. The monoisotopic (exact) mass is 337 g/mol. The normalized spacial score (nSPS) is 27.0. The first kappa shape index (κ1) is 16.0. The number of ether oxygens (including phenoxy) is 1. The molecule has 3 aliphatic rings. The van der Waals surface area contributed by atoms with Crippen molar-refractivity contribution in [3.8, 4) is 0 Å². The smallest absolute Gasteiger partial charge is 0.110 e. The molecule has 3 fully saturated rings. The van der Waals surface area contributed by atoms with Gasteiger partial charge < -0.3 is 14.7 Å². The standard InChI is InChI=1S/C17H27N3O2S/c21-17(4-6-20(7-5-17)14-2-1-3-14)15-13-23-16(18-15)12-19-8-10-22-11-9-19/h13-14,21H,1-12H2. The molecule has 0 atom stereocenters. The molecule has 2 saturated heterocycles. The van der Waals surface area contributed by atoms with Crippen LogP contribution in [0.2, 0.25) is 0 Å². The highest BCUT2D eigenvalue weighted by Gasteiger charge is 2.38. The average Bonchev–Trinajstić information content (AvgIpc) is 2.98. The van der Waals surface area contributed by atoms with Crippen molar-refractivity contribution < 1.29 is 9.84 Å². The molecule has 0 aromatic carbocycles. The summed E-state index contributed by atoms with van der Waals surface area (Å²) in [5.74, 6) is 0. The number of thiazole rings is 1. The van der Waals surface area contributed by atoms with Gasteiger partial charge in [0.2, 0.25) is 0 Å². The molecule has 5 nitrogen and oxygen atoms in total. The van der Waals surface area contributed by atoms with E-state index in [0.29, 0.717) is 0 Å². The number of hydrogen-bond acceptors (Lipinski definition) is 6.